The van der Waals surface area contributed by atoms with Gasteiger partial charge in [-0.2, -0.15) is 0 Å². The van der Waals surface area contributed by atoms with Crippen LogP contribution in [0.15, 0.2) is 47.1 Å². The normalized spacial score (nSPS) is 11.5. The maximum Gasteiger partial charge on any atom is 0.341 e. The van der Waals surface area contributed by atoms with Crippen LogP contribution in [0.25, 0.3) is 0 Å². The Bertz CT molecular complexity index is 754. The molecule has 26 heavy (non-hydrogen) atoms. The average Bonchev–Trinajstić information content (AvgIpc) is 3.15. The monoisotopic (exact) mass is 360 g/mol. The summed E-state index contributed by atoms with van der Waals surface area (Å²) in [6, 6.07) is 9.16. The van der Waals surface area contributed by atoms with Crippen LogP contribution in [-0.4, -0.2) is 47.5 Å². The summed E-state index contributed by atoms with van der Waals surface area (Å²) in [6.45, 7) is 1.52. The highest BCUT2D eigenvalue weighted by atomic mass is 16.5. The van der Waals surface area contributed by atoms with Crippen molar-refractivity contribution in [2.24, 2.45) is 0 Å². The van der Waals surface area contributed by atoms with Crippen LogP contribution >= 0.6 is 0 Å². The van der Waals surface area contributed by atoms with Crippen LogP contribution in [-0.2, 0) is 16.1 Å². The number of furan rings is 1. The average molecular weight is 360 g/mol. The zero-order valence-electron chi connectivity index (χ0n) is 14.5. The van der Waals surface area contributed by atoms with Gasteiger partial charge in [-0.15, -0.1) is 0 Å². The highest BCUT2D eigenvalue weighted by Gasteiger charge is 2.21. The second-order valence-electron chi connectivity index (χ2n) is 5.69. The van der Waals surface area contributed by atoms with Crippen molar-refractivity contribution >= 4 is 17.8 Å². The molecule has 1 aromatic carbocycles. The molecule has 2 amide bonds. The summed E-state index contributed by atoms with van der Waals surface area (Å²) in [6.07, 6.45) is 1.39. The number of rotatable bonds is 8. The lowest BCUT2D eigenvalue weighted by molar-refractivity contribution is -0.139. The minimum absolute atomic E-state index is 0.143. The lowest BCUT2D eigenvalue weighted by Crippen LogP contribution is -2.45. The number of ether oxygens (including phenoxy) is 1. The molecule has 2 rings (SSSR count). The second kappa shape index (κ2) is 8.70. The number of hydrogen-bond acceptors (Lipinski definition) is 5. The highest BCUT2D eigenvalue weighted by molar-refractivity contribution is 5.95. The Morgan fingerprint density at radius 2 is 1.92 bits per heavy atom. The minimum atomic E-state index is -1.05. The summed E-state index contributed by atoms with van der Waals surface area (Å²) in [5.41, 5.74) is 0.841. The Labute approximate surface area is 150 Å². The molecule has 8 heteroatoms. The summed E-state index contributed by atoms with van der Waals surface area (Å²) in [7, 11) is 1.63. The Hall–Kier alpha value is -3.29. The van der Waals surface area contributed by atoms with E-state index in [0.29, 0.717) is 12.3 Å². The largest absolute Gasteiger partial charge is 0.482 e. The van der Waals surface area contributed by atoms with Gasteiger partial charge in [-0.25, -0.2) is 4.79 Å². The van der Waals surface area contributed by atoms with Crippen LogP contribution in [0, 0.1) is 0 Å². The number of carboxylic acid groups (broad SMARTS) is 1. The van der Waals surface area contributed by atoms with Gasteiger partial charge in [0, 0.05) is 13.6 Å². The summed E-state index contributed by atoms with van der Waals surface area (Å²) >= 11 is 0. The van der Waals surface area contributed by atoms with E-state index in [1.807, 2.05) is 0 Å². The number of likely N-dealkylation sites (N-methyl/N-ethyl adjacent to an activating group) is 1. The fourth-order valence-electron chi connectivity index (χ4n) is 2.26. The number of carbonyl (C=O) groups is 3. The third-order valence-electron chi connectivity index (χ3n) is 3.54. The van der Waals surface area contributed by atoms with Crippen LogP contribution in [0.4, 0.5) is 0 Å². The van der Waals surface area contributed by atoms with E-state index >= 15 is 0 Å². The van der Waals surface area contributed by atoms with Gasteiger partial charge in [0.1, 0.15) is 11.8 Å². The van der Waals surface area contributed by atoms with E-state index in [9.17, 15) is 14.4 Å². The first kappa shape index (κ1) is 19.0. The van der Waals surface area contributed by atoms with Crippen LogP contribution in [0.2, 0.25) is 0 Å². The quantitative estimate of drug-likeness (QED) is 0.739. The number of carbonyl (C=O) groups excluding carboxylic acids is 2. The maximum absolute atomic E-state index is 12.4. The molecule has 0 saturated heterocycles. The van der Waals surface area contributed by atoms with Crippen LogP contribution in [0.1, 0.15) is 23.0 Å². The van der Waals surface area contributed by atoms with E-state index < -0.39 is 24.5 Å². The molecule has 0 spiro atoms. The Kier molecular flexibility index (Phi) is 6.37. The van der Waals surface area contributed by atoms with Crippen molar-refractivity contribution in [3.05, 3.63) is 54.0 Å². The van der Waals surface area contributed by atoms with Crippen molar-refractivity contribution in [3.63, 3.8) is 0 Å². The number of aliphatic carboxylic acids is 1. The predicted octanol–water partition coefficient (Wildman–Crippen LogP) is 1.52. The van der Waals surface area contributed by atoms with E-state index in [1.54, 1.807) is 44.3 Å². The summed E-state index contributed by atoms with van der Waals surface area (Å²) in [5.74, 6) is -1.18. The van der Waals surface area contributed by atoms with Crippen molar-refractivity contribution in [1.29, 1.82) is 0 Å². The van der Waals surface area contributed by atoms with Gasteiger partial charge in [-0.3, -0.25) is 9.59 Å². The molecule has 0 fully saturated rings. The van der Waals surface area contributed by atoms with E-state index in [0.717, 1.165) is 5.56 Å². The number of nitrogens with one attached hydrogen (secondary N) is 1. The lowest BCUT2D eigenvalue weighted by atomic mass is 10.2. The molecule has 138 valence electrons. The van der Waals surface area contributed by atoms with Gasteiger partial charge in [0.25, 0.3) is 5.91 Å². The molecule has 0 aliphatic carbocycles. The molecule has 0 bridgehead atoms. The number of carboxylic acids is 1. The molecule has 1 atom stereocenters. The molecular weight excluding hydrogens is 340 g/mol. The number of hydrogen-bond donors (Lipinski definition) is 2. The molecule has 8 nitrogen and oxygen atoms in total. The Balaban J connectivity index is 1.87. The predicted molar refractivity (Wildman–Crippen MR) is 91.7 cm³/mol. The molecule has 1 heterocycles. The smallest absolute Gasteiger partial charge is 0.341 e. The minimum Gasteiger partial charge on any atom is -0.482 e. The maximum atomic E-state index is 12.4. The molecule has 2 N–H and O–H groups in total. The molecular formula is C18H20N2O6. The van der Waals surface area contributed by atoms with E-state index in [-0.39, 0.29) is 11.7 Å². The molecule has 0 aliphatic rings. The van der Waals surface area contributed by atoms with Gasteiger partial charge in [-0.05, 0) is 36.8 Å². The van der Waals surface area contributed by atoms with Crippen LogP contribution < -0.4 is 10.1 Å². The fraction of sp³-hybridized carbons (Fsp3) is 0.278. The fourth-order valence-corrected chi connectivity index (χ4v) is 2.26. The zero-order chi connectivity index (χ0) is 19.1. The Morgan fingerprint density at radius 3 is 2.50 bits per heavy atom. The molecule has 1 aromatic heterocycles. The van der Waals surface area contributed by atoms with Crippen molar-refractivity contribution in [1.82, 2.24) is 10.2 Å². The first-order valence-corrected chi connectivity index (χ1v) is 7.89. The molecule has 0 saturated carbocycles. The summed E-state index contributed by atoms with van der Waals surface area (Å²) in [4.78, 5) is 36.3. The van der Waals surface area contributed by atoms with Gasteiger partial charge < -0.3 is 24.5 Å². The third kappa shape index (κ3) is 5.37. The number of nitrogens with zero attached hydrogens (tertiary/aromatic N) is 1. The first-order valence-electron chi connectivity index (χ1n) is 7.89. The van der Waals surface area contributed by atoms with Gasteiger partial charge in [0.05, 0.1) is 6.26 Å². The van der Waals surface area contributed by atoms with Crippen LogP contribution in [0.5, 0.6) is 5.75 Å². The SMILES string of the molecule is CC(NC(=O)c1ccco1)C(=O)N(C)Cc1ccc(OCC(=O)O)cc1. The van der Waals surface area contributed by atoms with Gasteiger partial charge >= 0.3 is 5.97 Å². The van der Waals surface area contributed by atoms with Crippen molar-refractivity contribution in [2.75, 3.05) is 13.7 Å². The highest BCUT2D eigenvalue weighted by Crippen LogP contribution is 2.13. The van der Waals surface area contributed by atoms with Gasteiger partial charge in [0.2, 0.25) is 5.91 Å². The van der Waals surface area contributed by atoms with Crippen molar-refractivity contribution in [3.8, 4) is 5.75 Å². The second-order valence-corrected chi connectivity index (χ2v) is 5.69. The third-order valence-corrected chi connectivity index (χ3v) is 3.54. The van der Waals surface area contributed by atoms with Crippen molar-refractivity contribution < 1.29 is 28.6 Å². The van der Waals surface area contributed by atoms with E-state index in [4.69, 9.17) is 14.3 Å². The van der Waals surface area contributed by atoms with Gasteiger partial charge in [-0.1, -0.05) is 12.1 Å². The van der Waals surface area contributed by atoms with Gasteiger partial charge in [0.15, 0.2) is 12.4 Å². The number of benzene rings is 1. The Morgan fingerprint density at radius 1 is 1.23 bits per heavy atom. The number of amides is 2. The molecule has 2 aromatic rings. The summed E-state index contributed by atoms with van der Waals surface area (Å²) < 4.78 is 10.0. The molecule has 1 unspecified atom stereocenters. The van der Waals surface area contributed by atoms with E-state index in [1.165, 1.54) is 17.2 Å². The summed E-state index contributed by atoms with van der Waals surface area (Å²) in [5, 5.41) is 11.2. The van der Waals surface area contributed by atoms with Crippen LogP contribution in [0.3, 0.4) is 0 Å². The van der Waals surface area contributed by atoms with Crippen molar-refractivity contribution in [2.45, 2.75) is 19.5 Å². The molecule has 0 radical (unpaired) electrons. The molecule has 0 aliphatic heterocycles. The van der Waals surface area contributed by atoms with E-state index in [2.05, 4.69) is 5.32 Å². The topological polar surface area (TPSA) is 109 Å². The first-order chi connectivity index (χ1) is 12.4. The lowest BCUT2D eigenvalue weighted by Gasteiger charge is -2.22. The standard InChI is InChI=1S/C18H20N2O6/c1-12(19-17(23)15-4-3-9-25-15)18(24)20(2)10-13-5-7-14(8-6-13)26-11-16(21)22/h3-9,12H,10-11H2,1-2H3,(H,19,23)(H,21,22). The zero-order valence-corrected chi connectivity index (χ0v) is 14.5.